The Balaban J connectivity index is 2.47. The van der Waals surface area contributed by atoms with Gasteiger partial charge in [0.15, 0.2) is 0 Å². The minimum Gasteiger partial charge on any atom is -0.388 e. The highest BCUT2D eigenvalue weighted by Crippen LogP contribution is 2.10. The molecular weight excluding hydrogens is 226 g/mol. The second-order valence-corrected chi connectivity index (χ2v) is 4.65. The van der Waals surface area contributed by atoms with E-state index in [2.05, 4.69) is 23.7 Å². The summed E-state index contributed by atoms with van der Waals surface area (Å²) in [4.78, 5) is 7.14. The Bertz CT molecular complexity index is 318. The van der Waals surface area contributed by atoms with Crippen LogP contribution in [0.1, 0.15) is 24.5 Å². The van der Waals surface area contributed by atoms with Crippen molar-refractivity contribution in [2.75, 3.05) is 19.6 Å². The summed E-state index contributed by atoms with van der Waals surface area (Å²) in [6.45, 7) is 7.57. The summed E-state index contributed by atoms with van der Waals surface area (Å²) in [6, 6.07) is 0. The van der Waals surface area contributed by atoms with E-state index in [0.717, 1.165) is 36.8 Å². The van der Waals surface area contributed by atoms with Gasteiger partial charge in [0.1, 0.15) is 10.7 Å². The predicted octanol–water partition coefficient (Wildman–Crippen LogP) is 1.66. The van der Waals surface area contributed by atoms with Crippen molar-refractivity contribution in [1.29, 1.82) is 0 Å². The van der Waals surface area contributed by atoms with E-state index in [-0.39, 0.29) is 0 Å². The van der Waals surface area contributed by atoms with Crippen LogP contribution in [0.4, 0.5) is 0 Å². The van der Waals surface area contributed by atoms with Crippen molar-refractivity contribution in [2.45, 2.75) is 20.3 Å². The molecule has 0 atom stereocenters. The average molecular weight is 243 g/mol. The molecule has 84 valence electrons. The van der Waals surface area contributed by atoms with E-state index in [0.29, 0.717) is 4.99 Å². The van der Waals surface area contributed by atoms with Crippen LogP contribution >= 0.6 is 23.6 Å². The van der Waals surface area contributed by atoms with Gasteiger partial charge >= 0.3 is 0 Å². The zero-order valence-corrected chi connectivity index (χ0v) is 10.8. The highest BCUT2D eigenvalue weighted by atomic mass is 32.1. The van der Waals surface area contributed by atoms with E-state index >= 15 is 0 Å². The Hall–Kier alpha value is -0.520. The fraction of sp³-hybridized carbons (Fsp3) is 0.600. The molecule has 2 N–H and O–H groups in total. The van der Waals surface area contributed by atoms with Crippen LogP contribution < -0.4 is 5.73 Å². The lowest BCUT2D eigenvalue weighted by Gasteiger charge is -2.16. The SMILES string of the molecule is CCN(CC)CCc1nc(C(N)=S)cs1. The molecule has 0 saturated heterocycles. The molecule has 15 heavy (non-hydrogen) atoms. The van der Waals surface area contributed by atoms with Gasteiger partial charge < -0.3 is 10.6 Å². The maximum Gasteiger partial charge on any atom is 0.123 e. The molecule has 3 nitrogen and oxygen atoms in total. The van der Waals surface area contributed by atoms with Gasteiger partial charge in [-0.05, 0) is 13.1 Å². The number of nitrogens with two attached hydrogens (primary N) is 1. The van der Waals surface area contributed by atoms with Crippen molar-refractivity contribution in [3.8, 4) is 0 Å². The number of hydrogen-bond acceptors (Lipinski definition) is 4. The molecule has 0 radical (unpaired) electrons. The van der Waals surface area contributed by atoms with Crippen LogP contribution in [0.5, 0.6) is 0 Å². The van der Waals surface area contributed by atoms with Crippen LogP contribution in [0.15, 0.2) is 5.38 Å². The molecule has 0 aliphatic rings. The van der Waals surface area contributed by atoms with Gasteiger partial charge in [0.25, 0.3) is 0 Å². The predicted molar refractivity (Wildman–Crippen MR) is 69.5 cm³/mol. The minimum atomic E-state index is 0.389. The van der Waals surface area contributed by atoms with Crippen LogP contribution in [-0.4, -0.2) is 34.5 Å². The van der Waals surface area contributed by atoms with E-state index in [1.807, 2.05) is 5.38 Å². The number of rotatable bonds is 6. The molecule has 1 aromatic rings. The second kappa shape index (κ2) is 6.15. The van der Waals surface area contributed by atoms with Gasteiger partial charge in [-0.25, -0.2) is 4.98 Å². The van der Waals surface area contributed by atoms with E-state index < -0.39 is 0 Å². The number of nitrogens with zero attached hydrogens (tertiary/aromatic N) is 2. The second-order valence-electron chi connectivity index (χ2n) is 3.27. The number of hydrogen-bond donors (Lipinski definition) is 1. The molecule has 0 fully saturated rings. The molecular formula is C10H17N3S2. The number of thiocarbonyl (C=S) groups is 1. The molecule has 1 aromatic heterocycles. The van der Waals surface area contributed by atoms with Crippen LogP contribution in [0.2, 0.25) is 0 Å². The molecule has 0 aliphatic carbocycles. The lowest BCUT2D eigenvalue weighted by atomic mass is 10.4. The zero-order valence-electron chi connectivity index (χ0n) is 9.19. The average Bonchev–Trinajstić information content (AvgIpc) is 2.68. The van der Waals surface area contributed by atoms with Gasteiger partial charge in [-0.2, -0.15) is 0 Å². The zero-order chi connectivity index (χ0) is 11.3. The topological polar surface area (TPSA) is 42.2 Å². The quantitative estimate of drug-likeness (QED) is 0.772. The number of thiazole rings is 1. The van der Waals surface area contributed by atoms with Crippen LogP contribution in [0.25, 0.3) is 0 Å². The molecule has 0 unspecified atom stereocenters. The first-order valence-corrected chi connectivity index (χ1v) is 6.42. The third kappa shape index (κ3) is 3.85. The molecule has 0 aromatic carbocycles. The van der Waals surface area contributed by atoms with Crippen molar-refractivity contribution < 1.29 is 0 Å². The van der Waals surface area contributed by atoms with E-state index in [1.165, 1.54) is 0 Å². The molecule has 0 aliphatic heterocycles. The molecule has 5 heteroatoms. The summed E-state index contributed by atoms with van der Waals surface area (Å²) in [7, 11) is 0. The summed E-state index contributed by atoms with van der Waals surface area (Å²) in [5.41, 5.74) is 6.25. The lowest BCUT2D eigenvalue weighted by molar-refractivity contribution is 0.308. The Morgan fingerprint density at radius 3 is 2.67 bits per heavy atom. The number of likely N-dealkylation sites (N-methyl/N-ethyl adjacent to an activating group) is 1. The van der Waals surface area contributed by atoms with E-state index in [4.69, 9.17) is 18.0 Å². The van der Waals surface area contributed by atoms with E-state index in [9.17, 15) is 0 Å². The molecule has 0 spiro atoms. The standard InChI is InChI=1S/C10H17N3S2/c1-3-13(4-2)6-5-9-12-8(7-15-9)10(11)14/h7H,3-6H2,1-2H3,(H2,11,14). The third-order valence-electron chi connectivity index (χ3n) is 2.34. The van der Waals surface area contributed by atoms with Gasteiger partial charge in [0, 0.05) is 18.3 Å². The van der Waals surface area contributed by atoms with E-state index in [1.54, 1.807) is 11.3 Å². The molecule has 0 saturated carbocycles. The van der Waals surface area contributed by atoms with Gasteiger partial charge in [0.05, 0.1) is 5.01 Å². The Kier molecular flexibility index (Phi) is 5.14. The largest absolute Gasteiger partial charge is 0.388 e. The van der Waals surface area contributed by atoms with Gasteiger partial charge in [0.2, 0.25) is 0 Å². The van der Waals surface area contributed by atoms with Gasteiger partial charge in [-0.15, -0.1) is 11.3 Å². The van der Waals surface area contributed by atoms with Crippen molar-refractivity contribution in [2.24, 2.45) is 5.73 Å². The maximum absolute atomic E-state index is 5.50. The summed E-state index contributed by atoms with van der Waals surface area (Å²) in [5, 5.41) is 3.05. The number of aromatic nitrogens is 1. The first-order chi connectivity index (χ1) is 7.17. The lowest BCUT2D eigenvalue weighted by Crippen LogP contribution is -2.25. The Labute approximate surface area is 100 Å². The van der Waals surface area contributed by atoms with Gasteiger partial charge in [-0.1, -0.05) is 26.1 Å². The Morgan fingerprint density at radius 1 is 1.53 bits per heavy atom. The normalized spacial score (nSPS) is 10.9. The van der Waals surface area contributed by atoms with Crippen molar-refractivity contribution in [1.82, 2.24) is 9.88 Å². The first-order valence-electron chi connectivity index (χ1n) is 5.13. The van der Waals surface area contributed by atoms with Crippen molar-refractivity contribution >= 4 is 28.5 Å². The highest BCUT2D eigenvalue weighted by molar-refractivity contribution is 7.80. The minimum absolute atomic E-state index is 0.389. The van der Waals surface area contributed by atoms with Crippen LogP contribution in [0, 0.1) is 0 Å². The van der Waals surface area contributed by atoms with Crippen LogP contribution in [-0.2, 0) is 6.42 Å². The van der Waals surface area contributed by atoms with Crippen molar-refractivity contribution in [3.05, 3.63) is 16.1 Å². The first kappa shape index (κ1) is 12.5. The molecule has 0 amide bonds. The van der Waals surface area contributed by atoms with Crippen molar-refractivity contribution in [3.63, 3.8) is 0 Å². The molecule has 0 bridgehead atoms. The van der Waals surface area contributed by atoms with Gasteiger partial charge in [-0.3, -0.25) is 0 Å². The third-order valence-corrected chi connectivity index (χ3v) is 3.46. The monoisotopic (exact) mass is 243 g/mol. The molecule has 1 rings (SSSR count). The molecule has 1 heterocycles. The maximum atomic E-state index is 5.50. The summed E-state index contributed by atoms with van der Waals surface area (Å²) >= 11 is 6.50. The summed E-state index contributed by atoms with van der Waals surface area (Å²) in [6.07, 6.45) is 0.981. The highest BCUT2D eigenvalue weighted by Gasteiger charge is 2.05. The Morgan fingerprint density at radius 2 is 2.20 bits per heavy atom. The fourth-order valence-corrected chi connectivity index (χ4v) is 2.30. The van der Waals surface area contributed by atoms with Crippen LogP contribution in [0.3, 0.4) is 0 Å². The fourth-order valence-electron chi connectivity index (χ4n) is 1.33. The summed E-state index contributed by atoms with van der Waals surface area (Å²) < 4.78 is 0. The summed E-state index contributed by atoms with van der Waals surface area (Å²) in [5.74, 6) is 0. The smallest absolute Gasteiger partial charge is 0.123 e.